The van der Waals surface area contributed by atoms with Gasteiger partial charge in [-0.25, -0.2) is 4.79 Å². The van der Waals surface area contributed by atoms with Gasteiger partial charge in [0.25, 0.3) is 0 Å². The average Bonchev–Trinajstić information content (AvgIpc) is 3.09. The van der Waals surface area contributed by atoms with Crippen LogP contribution in [0.15, 0.2) is 47.8 Å². The van der Waals surface area contributed by atoms with E-state index in [9.17, 15) is 4.79 Å². The molecule has 2 aromatic rings. The van der Waals surface area contributed by atoms with Crippen molar-refractivity contribution in [2.24, 2.45) is 0 Å². The normalized spacial score (nSPS) is 10.1. The standard InChI is InChI=1S/C19H23N3OS/c1-21(2)13-14-22(16-18-11-7-15-24-18)19(23)20-12-6-10-17-8-4-3-5-9-17/h3-5,7-9,11,15H,12-14,16H2,1-2H3,(H,20,23). The molecule has 1 N–H and O–H groups in total. The predicted octanol–water partition coefficient (Wildman–Crippen LogP) is 2.87. The number of nitrogens with one attached hydrogen (secondary N) is 1. The summed E-state index contributed by atoms with van der Waals surface area (Å²) in [5.74, 6) is 6.04. The van der Waals surface area contributed by atoms with E-state index in [0.717, 1.165) is 12.1 Å². The van der Waals surface area contributed by atoms with Gasteiger partial charge in [0.05, 0.1) is 13.1 Å². The molecule has 0 aliphatic carbocycles. The number of nitrogens with zero attached hydrogens (tertiary/aromatic N) is 2. The van der Waals surface area contributed by atoms with Crippen molar-refractivity contribution in [2.45, 2.75) is 6.54 Å². The highest BCUT2D eigenvalue weighted by Gasteiger charge is 2.13. The van der Waals surface area contributed by atoms with Crippen LogP contribution < -0.4 is 5.32 Å². The highest BCUT2D eigenvalue weighted by Crippen LogP contribution is 2.11. The molecule has 24 heavy (non-hydrogen) atoms. The van der Waals surface area contributed by atoms with Gasteiger partial charge in [0, 0.05) is 23.5 Å². The Bertz CT molecular complexity index is 672. The van der Waals surface area contributed by atoms with E-state index in [1.165, 1.54) is 4.88 Å². The van der Waals surface area contributed by atoms with Gasteiger partial charge < -0.3 is 15.1 Å². The molecule has 0 bridgehead atoms. The summed E-state index contributed by atoms with van der Waals surface area (Å²) in [6, 6.07) is 13.7. The molecule has 0 spiro atoms. The summed E-state index contributed by atoms with van der Waals surface area (Å²) in [5.41, 5.74) is 0.954. The number of amides is 2. The first kappa shape index (κ1) is 18.1. The van der Waals surface area contributed by atoms with Crippen molar-refractivity contribution in [1.29, 1.82) is 0 Å². The molecule has 0 radical (unpaired) electrons. The Kier molecular flexibility index (Phi) is 7.34. The molecule has 0 unspecified atom stereocenters. The maximum atomic E-state index is 12.4. The minimum atomic E-state index is -0.0763. The van der Waals surface area contributed by atoms with Gasteiger partial charge in [-0.1, -0.05) is 36.1 Å². The molecule has 126 valence electrons. The second kappa shape index (κ2) is 9.76. The molecule has 0 atom stereocenters. The van der Waals surface area contributed by atoms with Gasteiger partial charge in [0.15, 0.2) is 0 Å². The van der Waals surface area contributed by atoms with Crippen LogP contribution in [-0.2, 0) is 6.54 Å². The zero-order valence-electron chi connectivity index (χ0n) is 14.2. The lowest BCUT2D eigenvalue weighted by Gasteiger charge is -2.23. The molecule has 1 aromatic carbocycles. The van der Waals surface area contributed by atoms with E-state index in [2.05, 4.69) is 28.1 Å². The number of rotatable bonds is 6. The Hall–Kier alpha value is -2.29. The Balaban J connectivity index is 1.88. The summed E-state index contributed by atoms with van der Waals surface area (Å²) in [6.45, 7) is 2.48. The van der Waals surface area contributed by atoms with Crippen molar-refractivity contribution >= 4 is 17.4 Å². The summed E-state index contributed by atoms with van der Waals surface area (Å²) in [4.78, 5) is 17.5. The highest BCUT2D eigenvalue weighted by molar-refractivity contribution is 7.09. The van der Waals surface area contributed by atoms with Gasteiger partial charge in [-0.05, 0) is 37.7 Å². The quantitative estimate of drug-likeness (QED) is 0.820. The van der Waals surface area contributed by atoms with Gasteiger partial charge in [0.1, 0.15) is 0 Å². The van der Waals surface area contributed by atoms with Crippen molar-refractivity contribution in [3.8, 4) is 11.8 Å². The van der Waals surface area contributed by atoms with E-state index < -0.39 is 0 Å². The zero-order valence-corrected chi connectivity index (χ0v) is 15.0. The molecule has 1 aromatic heterocycles. The van der Waals surface area contributed by atoms with Crippen LogP contribution in [0.25, 0.3) is 0 Å². The summed E-state index contributed by atoms with van der Waals surface area (Å²) < 4.78 is 0. The SMILES string of the molecule is CN(C)CCN(Cc1cccs1)C(=O)NCC#Cc1ccccc1. The van der Waals surface area contributed by atoms with E-state index in [0.29, 0.717) is 19.6 Å². The fourth-order valence-corrected chi connectivity index (χ4v) is 2.78. The van der Waals surface area contributed by atoms with Crippen LogP contribution in [0.1, 0.15) is 10.4 Å². The molecule has 0 saturated carbocycles. The summed E-state index contributed by atoms with van der Waals surface area (Å²) >= 11 is 1.67. The predicted molar refractivity (Wildman–Crippen MR) is 100 cm³/mol. The largest absolute Gasteiger partial charge is 0.327 e. The lowest BCUT2D eigenvalue weighted by Crippen LogP contribution is -2.42. The fraction of sp³-hybridized carbons (Fsp3) is 0.316. The van der Waals surface area contributed by atoms with E-state index in [1.807, 2.05) is 60.8 Å². The third-order valence-electron chi connectivity index (χ3n) is 3.37. The maximum absolute atomic E-state index is 12.4. The van der Waals surface area contributed by atoms with Crippen LogP contribution in [-0.4, -0.2) is 49.6 Å². The van der Waals surface area contributed by atoms with Gasteiger partial charge in [-0.15, -0.1) is 11.3 Å². The third-order valence-corrected chi connectivity index (χ3v) is 4.23. The van der Waals surface area contributed by atoms with Crippen LogP contribution >= 0.6 is 11.3 Å². The number of carbonyl (C=O) groups is 1. The first-order valence-corrected chi connectivity index (χ1v) is 8.77. The Labute approximate surface area is 148 Å². The van der Waals surface area contributed by atoms with E-state index in [1.54, 1.807) is 11.3 Å². The lowest BCUT2D eigenvalue weighted by molar-refractivity contribution is 0.190. The molecule has 0 fully saturated rings. The smallest absolute Gasteiger partial charge is 0.318 e. The third kappa shape index (κ3) is 6.45. The number of urea groups is 1. The highest BCUT2D eigenvalue weighted by atomic mass is 32.1. The summed E-state index contributed by atoms with van der Waals surface area (Å²) in [5, 5.41) is 4.92. The molecule has 0 aliphatic rings. The fourth-order valence-electron chi connectivity index (χ4n) is 2.06. The van der Waals surface area contributed by atoms with E-state index in [4.69, 9.17) is 0 Å². The molecule has 0 saturated heterocycles. The first-order chi connectivity index (χ1) is 11.6. The van der Waals surface area contributed by atoms with Crippen LogP contribution in [0.2, 0.25) is 0 Å². The minimum absolute atomic E-state index is 0.0763. The summed E-state index contributed by atoms with van der Waals surface area (Å²) in [7, 11) is 4.01. The molecule has 0 aliphatic heterocycles. The van der Waals surface area contributed by atoms with Crippen molar-refractivity contribution in [2.75, 3.05) is 33.7 Å². The van der Waals surface area contributed by atoms with E-state index in [-0.39, 0.29) is 6.03 Å². The van der Waals surface area contributed by atoms with Gasteiger partial charge in [-0.3, -0.25) is 0 Å². The zero-order chi connectivity index (χ0) is 17.2. The van der Waals surface area contributed by atoms with Crippen LogP contribution in [0.4, 0.5) is 4.79 Å². The molecular weight excluding hydrogens is 318 g/mol. The maximum Gasteiger partial charge on any atom is 0.318 e. The topological polar surface area (TPSA) is 35.6 Å². The number of hydrogen-bond donors (Lipinski definition) is 1. The average molecular weight is 341 g/mol. The first-order valence-electron chi connectivity index (χ1n) is 7.89. The van der Waals surface area contributed by atoms with Gasteiger partial charge in [-0.2, -0.15) is 0 Å². The molecule has 4 nitrogen and oxygen atoms in total. The Morgan fingerprint density at radius 1 is 1.12 bits per heavy atom. The molecule has 1 heterocycles. The van der Waals surface area contributed by atoms with Crippen molar-refractivity contribution in [1.82, 2.24) is 15.1 Å². The molecule has 2 rings (SSSR count). The van der Waals surface area contributed by atoms with Gasteiger partial charge >= 0.3 is 6.03 Å². The van der Waals surface area contributed by atoms with Crippen LogP contribution in [0.5, 0.6) is 0 Å². The van der Waals surface area contributed by atoms with Crippen molar-refractivity contribution < 1.29 is 4.79 Å². The number of likely N-dealkylation sites (N-methyl/N-ethyl adjacent to an activating group) is 1. The second-order valence-electron chi connectivity index (χ2n) is 5.63. The number of hydrogen-bond acceptors (Lipinski definition) is 3. The number of benzene rings is 1. The van der Waals surface area contributed by atoms with Crippen molar-refractivity contribution in [3.63, 3.8) is 0 Å². The van der Waals surface area contributed by atoms with Crippen molar-refractivity contribution in [3.05, 3.63) is 58.3 Å². The van der Waals surface area contributed by atoms with Crippen LogP contribution in [0, 0.1) is 11.8 Å². The molecule has 5 heteroatoms. The Morgan fingerprint density at radius 2 is 1.92 bits per heavy atom. The monoisotopic (exact) mass is 341 g/mol. The lowest BCUT2D eigenvalue weighted by atomic mass is 10.2. The number of thiophene rings is 1. The van der Waals surface area contributed by atoms with E-state index >= 15 is 0 Å². The van der Waals surface area contributed by atoms with Crippen LogP contribution in [0.3, 0.4) is 0 Å². The Morgan fingerprint density at radius 3 is 2.58 bits per heavy atom. The van der Waals surface area contributed by atoms with Gasteiger partial charge in [0.2, 0.25) is 0 Å². The minimum Gasteiger partial charge on any atom is -0.327 e. The second-order valence-corrected chi connectivity index (χ2v) is 6.66. The molecular formula is C19H23N3OS. The molecule has 2 amide bonds. The summed E-state index contributed by atoms with van der Waals surface area (Å²) in [6.07, 6.45) is 0. The number of carbonyl (C=O) groups excluding carboxylic acids is 1.